The lowest BCUT2D eigenvalue weighted by molar-refractivity contribution is -0.131. The zero-order valence-electron chi connectivity index (χ0n) is 11.5. The van der Waals surface area contributed by atoms with Crippen LogP contribution in [-0.4, -0.2) is 32.4 Å². The highest BCUT2D eigenvalue weighted by Gasteiger charge is 2.15. The Kier molecular flexibility index (Phi) is 5.23. The van der Waals surface area contributed by atoms with Crippen LogP contribution in [0.3, 0.4) is 0 Å². The smallest absolute Gasteiger partial charge is 0.328 e. The molecule has 0 amide bonds. The van der Waals surface area contributed by atoms with Crippen molar-refractivity contribution in [3.05, 3.63) is 23.8 Å². The van der Waals surface area contributed by atoms with Gasteiger partial charge in [0.15, 0.2) is 11.5 Å². The monoisotopic (exact) mass is 266 g/mol. The highest BCUT2D eigenvalue weighted by atomic mass is 16.5. The van der Waals surface area contributed by atoms with E-state index in [0.29, 0.717) is 34.8 Å². The number of carbonyl (C=O) groups is 1. The molecule has 0 saturated heterocycles. The molecule has 0 radical (unpaired) electrons. The standard InChI is InChI=1S/C14H18O5/c1-5-9(6-14(15)16)10-7-12(18-3)13(19-4)8-11(10)17-2/h6-8H,5H2,1-4H3,(H,15,16)/b9-6+. The molecule has 0 aliphatic carbocycles. The first kappa shape index (κ1) is 14.9. The Labute approximate surface area is 112 Å². The molecule has 0 atom stereocenters. The summed E-state index contributed by atoms with van der Waals surface area (Å²) in [5.41, 5.74) is 1.34. The summed E-state index contributed by atoms with van der Waals surface area (Å²) >= 11 is 0. The van der Waals surface area contributed by atoms with Crippen LogP contribution in [0.2, 0.25) is 0 Å². The molecule has 1 aromatic carbocycles. The van der Waals surface area contributed by atoms with Gasteiger partial charge in [0, 0.05) is 17.7 Å². The van der Waals surface area contributed by atoms with Crippen molar-refractivity contribution >= 4 is 11.5 Å². The Bertz CT molecular complexity index is 491. The SMILES string of the molecule is CC/C(=C\C(=O)O)c1cc(OC)c(OC)cc1OC. The number of rotatable bonds is 6. The molecular weight excluding hydrogens is 248 g/mol. The quantitative estimate of drug-likeness (QED) is 0.802. The van der Waals surface area contributed by atoms with Gasteiger partial charge in [-0.25, -0.2) is 4.79 Å². The van der Waals surface area contributed by atoms with Gasteiger partial charge in [-0.1, -0.05) is 6.92 Å². The van der Waals surface area contributed by atoms with E-state index in [1.165, 1.54) is 27.4 Å². The molecule has 1 rings (SSSR count). The maximum Gasteiger partial charge on any atom is 0.328 e. The Morgan fingerprint density at radius 2 is 1.63 bits per heavy atom. The molecule has 0 spiro atoms. The van der Waals surface area contributed by atoms with Gasteiger partial charge in [-0.05, 0) is 18.1 Å². The average molecular weight is 266 g/mol. The van der Waals surface area contributed by atoms with Crippen LogP contribution in [0.5, 0.6) is 17.2 Å². The average Bonchev–Trinajstić information content (AvgIpc) is 2.42. The lowest BCUT2D eigenvalue weighted by atomic mass is 10.0. The van der Waals surface area contributed by atoms with Crippen molar-refractivity contribution in [3.8, 4) is 17.2 Å². The maximum absolute atomic E-state index is 10.8. The molecule has 0 fully saturated rings. The number of carboxylic acids is 1. The van der Waals surface area contributed by atoms with Gasteiger partial charge in [0.25, 0.3) is 0 Å². The second-order valence-electron chi connectivity index (χ2n) is 3.77. The number of aliphatic carboxylic acids is 1. The molecule has 0 aromatic heterocycles. The van der Waals surface area contributed by atoms with Gasteiger partial charge in [0.1, 0.15) is 5.75 Å². The molecule has 104 valence electrons. The first-order valence-corrected chi connectivity index (χ1v) is 5.81. The van der Waals surface area contributed by atoms with Crippen molar-refractivity contribution in [2.45, 2.75) is 13.3 Å². The normalized spacial score (nSPS) is 11.1. The minimum Gasteiger partial charge on any atom is -0.496 e. The number of ether oxygens (including phenoxy) is 3. The Morgan fingerprint density at radius 1 is 1.11 bits per heavy atom. The van der Waals surface area contributed by atoms with Crippen molar-refractivity contribution in [1.82, 2.24) is 0 Å². The van der Waals surface area contributed by atoms with Gasteiger partial charge >= 0.3 is 5.97 Å². The summed E-state index contributed by atoms with van der Waals surface area (Å²) in [6.07, 6.45) is 1.74. The van der Waals surface area contributed by atoms with E-state index in [4.69, 9.17) is 19.3 Å². The highest BCUT2D eigenvalue weighted by Crippen LogP contribution is 2.38. The van der Waals surface area contributed by atoms with Crippen LogP contribution in [0, 0.1) is 0 Å². The van der Waals surface area contributed by atoms with E-state index >= 15 is 0 Å². The third-order valence-electron chi connectivity index (χ3n) is 2.73. The van der Waals surface area contributed by atoms with Crippen molar-refractivity contribution in [2.75, 3.05) is 21.3 Å². The number of benzene rings is 1. The summed E-state index contributed by atoms with van der Waals surface area (Å²) in [6, 6.07) is 3.40. The lowest BCUT2D eigenvalue weighted by Crippen LogP contribution is -1.98. The summed E-state index contributed by atoms with van der Waals surface area (Å²) < 4.78 is 15.7. The van der Waals surface area contributed by atoms with Crippen molar-refractivity contribution < 1.29 is 24.1 Å². The third-order valence-corrected chi connectivity index (χ3v) is 2.73. The van der Waals surface area contributed by atoms with Crippen LogP contribution in [0.15, 0.2) is 18.2 Å². The molecule has 0 bridgehead atoms. The van der Waals surface area contributed by atoms with Crippen molar-refractivity contribution in [3.63, 3.8) is 0 Å². The van der Waals surface area contributed by atoms with Gasteiger partial charge in [-0.2, -0.15) is 0 Å². The number of allylic oxidation sites excluding steroid dienone is 1. The number of carboxylic acid groups (broad SMARTS) is 1. The van der Waals surface area contributed by atoms with Crippen LogP contribution in [-0.2, 0) is 4.79 Å². The molecule has 19 heavy (non-hydrogen) atoms. The van der Waals surface area contributed by atoms with Crippen LogP contribution in [0.1, 0.15) is 18.9 Å². The van der Waals surface area contributed by atoms with Gasteiger partial charge in [0.2, 0.25) is 0 Å². The summed E-state index contributed by atoms with van der Waals surface area (Å²) in [5.74, 6) is 0.623. The lowest BCUT2D eigenvalue weighted by Gasteiger charge is -2.15. The molecule has 0 aliphatic rings. The Morgan fingerprint density at radius 3 is 2.05 bits per heavy atom. The van der Waals surface area contributed by atoms with Crippen LogP contribution in [0.4, 0.5) is 0 Å². The van der Waals surface area contributed by atoms with Gasteiger partial charge in [-0.15, -0.1) is 0 Å². The summed E-state index contributed by atoms with van der Waals surface area (Å²) in [4.78, 5) is 10.8. The molecule has 5 nitrogen and oxygen atoms in total. The minimum absolute atomic E-state index is 0.531. The van der Waals surface area contributed by atoms with Crippen molar-refractivity contribution in [2.24, 2.45) is 0 Å². The van der Waals surface area contributed by atoms with E-state index in [2.05, 4.69) is 0 Å². The number of methoxy groups -OCH3 is 3. The number of hydrogen-bond acceptors (Lipinski definition) is 4. The van der Waals surface area contributed by atoms with E-state index in [1.54, 1.807) is 12.1 Å². The first-order valence-electron chi connectivity index (χ1n) is 5.81. The fourth-order valence-electron chi connectivity index (χ4n) is 1.80. The molecule has 1 N–H and O–H groups in total. The third kappa shape index (κ3) is 3.40. The fourth-order valence-corrected chi connectivity index (χ4v) is 1.80. The van der Waals surface area contributed by atoms with Crippen LogP contribution >= 0.6 is 0 Å². The second-order valence-corrected chi connectivity index (χ2v) is 3.77. The first-order chi connectivity index (χ1) is 9.07. The maximum atomic E-state index is 10.8. The van der Waals surface area contributed by atoms with Crippen LogP contribution < -0.4 is 14.2 Å². The largest absolute Gasteiger partial charge is 0.496 e. The zero-order chi connectivity index (χ0) is 14.4. The molecule has 0 saturated carbocycles. The highest BCUT2D eigenvalue weighted by molar-refractivity contribution is 5.91. The zero-order valence-corrected chi connectivity index (χ0v) is 11.5. The summed E-state index contributed by atoms with van der Waals surface area (Å²) in [7, 11) is 4.59. The summed E-state index contributed by atoms with van der Waals surface area (Å²) in [5, 5.41) is 8.89. The van der Waals surface area contributed by atoms with Crippen molar-refractivity contribution in [1.29, 1.82) is 0 Å². The van der Waals surface area contributed by atoms with E-state index in [-0.39, 0.29) is 0 Å². The van der Waals surface area contributed by atoms with Gasteiger partial charge in [0.05, 0.1) is 21.3 Å². The second kappa shape index (κ2) is 6.68. The van der Waals surface area contributed by atoms with E-state index in [9.17, 15) is 4.79 Å². The number of hydrogen-bond donors (Lipinski definition) is 1. The van der Waals surface area contributed by atoms with Gasteiger partial charge < -0.3 is 19.3 Å². The van der Waals surface area contributed by atoms with Gasteiger partial charge in [-0.3, -0.25) is 0 Å². The molecule has 1 aromatic rings. The molecule has 5 heteroatoms. The molecule has 0 unspecified atom stereocenters. The Balaban J connectivity index is 3.44. The molecular formula is C14H18O5. The Hall–Kier alpha value is -2.17. The summed E-state index contributed by atoms with van der Waals surface area (Å²) in [6.45, 7) is 1.88. The van der Waals surface area contributed by atoms with E-state index in [1.807, 2.05) is 6.92 Å². The minimum atomic E-state index is -0.992. The predicted octanol–water partition coefficient (Wildman–Crippen LogP) is 2.59. The predicted molar refractivity (Wildman–Crippen MR) is 72.0 cm³/mol. The topological polar surface area (TPSA) is 65.0 Å². The van der Waals surface area contributed by atoms with Crippen LogP contribution in [0.25, 0.3) is 5.57 Å². The van der Waals surface area contributed by atoms with E-state index < -0.39 is 5.97 Å². The van der Waals surface area contributed by atoms with E-state index in [0.717, 1.165) is 0 Å². The molecule has 0 aliphatic heterocycles. The molecule has 0 heterocycles. The fraction of sp³-hybridized carbons (Fsp3) is 0.357.